The molecule has 0 saturated carbocycles. The molecule has 1 amide bonds. The van der Waals surface area contributed by atoms with Gasteiger partial charge in [-0.25, -0.2) is 4.18 Å². The molecule has 0 radical (unpaired) electrons. The van der Waals surface area contributed by atoms with Crippen LogP contribution in [0.5, 0.6) is 0 Å². The first-order chi connectivity index (χ1) is 27.9. The Bertz CT molecular complexity index is 1110. The quantitative estimate of drug-likeness (QED) is 0.0180. The number of aliphatic hydroxyl groups excluding tert-OH is 5. The van der Waals surface area contributed by atoms with Crippen molar-refractivity contribution in [3.8, 4) is 0 Å². The van der Waals surface area contributed by atoms with Gasteiger partial charge in [0.1, 0.15) is 30.5 Å². The second-order valence-electron chi connectivity index (χ2n) is 16.5. The maximum absolute atomic E-state index is 12.9. The predicted octanol–water partition coefficient (Wildman–Crippen LogP) is 7.75. The zero-order chi connectivity index (χ0) is 42.9. The third kappa shape index (κ3) is 27.6. The van der Waals surface area contributed by atoms with Crippen LogP contribution in [0.2, 0.25) is 0 Å². The van der Waals surface area contributed by atoms with Crippen LogP contribution in [-0.2, 0) is 28.9 Å². The predicted molar refractivity (Wildman–Crippen MR) is 228 cm³/mol. The molecule has 8 unspecified atom stereocenters. The van der Waals surface area contributed by atoms with E-state index in [0.29, 0.717) is 19.3 Å². The number of amides is 1. The van der Waals surface area contributed by atoms with Gasteiger partial charge >= 0.3 is 10.4 Å². The molecule has 344 valence electrons. The monoisotopic (exact) mass is 852 g/mol. The fourth-order valence-corrected chi connectivity index (χ4v) is 7.97. The Morgan fingerprint density at radius 1 is 0.672 bits per heavy atom. The van der Waals surface area contributed by atoms with Crippen LogP contribution >= 0.6 is 0 Å². The van der Waals surface area contributed by atoms with E-state index >= 15 is 0 Å². The number of allylic oxidation sites excluding steroid dienone is 2. The number of rotatable bonds is 39. The molecule has 0 bridgehead atoms. The minimum absolute atomic E-state index is 0.258. The summed E-state index contributed by atoms with van der Waals surface area (Å²) in [5.74, 6) is -0.681. The molecule has 1 saturated heterocycles. The molecule has 1 heterocycles. The molecule has 8 atom stereocenters. The Kier molecular flexibility index (Phi) is 33.5. The summed E-state index contributed by atoms with van der Waals surface area (Å²) in [6.45, 7) is 3.07. The van der Waals surface area contributed by atoms with Gasteiger partial charge in [0, 0.05) is 0 Å². The lowest BCUT2D eigenvalue weighted by molar-refractivity contribution is -0.298. The normalized spacial score (nSPS) is 21.7. The van der Waals surface area contributed by atoms with Crippen molar-refractivity contribution in [3.63, 3.8) is 0 Å². The van der Waals surface area contributed by atoms with Crippen molar-refractivity contribution in [2.45, 2.75) is 249 Å². The molecule has 0 aliphatic carbocycles. The van der Waals surface area contributed by atoms with Gasteiger partial charge in [-0.05, 0) is 38.5 Å². The Hall–Kier alpha value is -1.20. The first-order valence-electron chi connectivity index (χ1n) is 23.2. The van der Waals surface area contributed by atoms with Crippen LogP contribution in [0.1, 0.15) is 200 Å². The third-order valence-corrected chi connectivity index (χ3v) is 11.6. The van der Waals surface area contributed by atoms with Gasteiger partial charge in [-0.2, -0.15) is 8.42 Å². The average molecular weight is 852 g/mol. The summed E-state index contributed by atoms with van der Waals surface area (Å²) in [6, 6.07) is -1.03. The molecule has 0 aromatic carbocycles. The Morgan fingerprint density at radius 2 is 1.10 bits per heavy atom. The van der Waals surface area contributed by atoms with Crippen molar-refractivity contribution in [3.05, 3.63) is 12.2 Å². The first kappa shape index (κ1) is 54.8. The van der Waals surface area contributed by atoms with E-state index in [2.05, 4.69) is 28.6 Å². The lowest BCUT2D eigenvalue weighted by Crippen LogP contribution is -2.61. The molecule has 0 aromatic heterocycles. The standard InChI is InChI=1S/C44H85NO12S/c1-3-5-7-8-9-10-11-12-13-14-15-16-17-18-19-20-21-22-23-24-25-26-27-28-29-31-33-38(48)43(51)45-36(37(47)32-30-6-4-2)35-55-44-41(50)42(57-58(52,53)54)40(49)39(34-46)56-44/h18-19,36-42,44,46-50H,3-17,20-35H2,1-2H3,(H,45,51)(H,52,53,54)/b19-18-. The van der Waals surface area contributed by atoms with E-state index in [4.69, 9.17) is 14.0 Å². The van der Waals surface area contributed by atoms with Crippen LogP contribution in [0.4, 0.5) is 0 Å². The molecule has 0 aromatic rings. The van der Waals surface area contributed by atoms with Gasteiger partial charge in [-0.15, -0.1) is 0 Å². The topological polar surface area (TPSA) is 212 Å². The zero-order valence-electron chi connectivity index (χ0n) is 36.2. The smallest absolute Gasteiger partial charge is 0.394 e. The highest BCUT2D eigenvalue weighted by Gasteiger charge is 2.48. The number of hydrogen-bond donors (Lipinski definition) is 7. The molecule has 0 spiro atoms. The molecule has 13 nitrogen and oxygen atoms in total. The van der Waals surface area contributed by atoms with Crippen LogP contribution in [0, 0.1) is 0 Å². The van der Waals surface area contributed by atoms with Crippen molar-refractivity contribution in [1.82, 2.24) is 5.32 Å². The van der Waals surface area contributed by atoms with Gasteiger partial charge in [-0.1, -0.05) is 174 Å². The SMILES string of the molecule is CCCCCCCCCCCCCC/C=C\CCCCCCCCCCCCC(O)C(=O)NC(COC1OC(CO)C(O)C(OS(=O)(=O)O)C1O)C(O)CCCCC. The van der Waals surface area contributed by atoms with E-state index in [1.165, 1.54) is 128 Å². The van der Waals surface area contributed by atoms with Crippen LogP contribution < -0.4 is 5.32 Å². The molecule has 1 aliphatic rings. The van der Waals surface area contributed by atoms with Crippen LogP contribution in [0.15, 0.2) is 12.2 Å². The maximum Gasteiger partial charge on any atom is 0.397 e. The van der Waals surface area contributed by atoms with Crippen molar-refractivity contribution in [2.24, 2.45) is 0 Å². The molecular formula is C44H85NO12S. The summed E-state index contributed by atoms with van der Waals surface area (Å²) in [5, 5.41) is 54.6. The Morgan fingerprint density at radius 3 is 1.57 bits per heavy atom. The lowest BCUT2D eigenvalue weighted by Gasteiger charge is -2.41. The number of carbonyl (C=O) groups excluding carboxylic acids is 1. The van der Waals surface area contributed by atoms with Crippen LogP contribution in [-0.4, -0.2) is 107 Å². The number of hydrogen-bond acceptors (Lipinski definition) is 11. The van der Waals surface area contributed by atoms with Crippen molar-refractivity contribution >= 4 is 16.3 Å². The molecule has 58 heavy (non-hydrogen) atoms. The summed E-state index contributed by atoms with van der Waals surface area (Å²) >= 11 is 0. The van der Waals surface area contributed by atoms with Gasteiger partial charge in [-0.3, -0.25) is 9.35 Å². The second-order valence-corrected chi connectivity index (χ2v) is 17.5. The highest BCUT2D eigenvalue weighted by atomic mass is 32.3. The Labute approximate surface area is 352 Å². The van der Waals surface area contributed by atoms with Gasteiger partial charge in [0.05, 0.1) is 25.4 Å². The molecular weight excluding hydrogens is 767 g/mol. The number of unbranched alkanes of at least 4 members (excludes halogenated alkanes) is 24. The highest BCUT2D eigenvalue weighted by Crippen LogP contribution is 2.26. The minimum atomic E-state index is -5.10. The largest absolute Gasteiger partial charge is 0.397 e. The summed E-state index contributed by atoms with van der Waals surface area (Å²) in [4.78, 5) is 12.9. The van der Waals surface area contributed by atoms with Crippen molar-refractivity contribution in [1.29, 1.82) is 0 Å². The lowest BCUT2D eigenvalue weighted by atomic mass is 9.99. The molecule has 1 aliphatic heterocycles. The van der Waals surface area contributed by atoms with E-state index in [0.717, 1.165) is 32.1 Å². The average Bonchev–Trinajstić information content (AvgIpc) is 3.19. The van der Waals surface area contributed by atoms with E-state index in [1.54, 1.807) is 0 Å². The van der Waals surface area contributed by atoms with Gasteiger partial charge in [0.25, 0.3) is 0 Å². The first-order valence-corrected chi connectivity index (χ1v) is 24.5. The van der Waals surface area contributed by atoms with Crippen LogP contribution in [0.25, 0.3) is 0 Å². The molecule has 1 rings (SSSR count). The summed E-state index contributed by atoms with van der Waals surface area (Å²) in [7, 11) is -5.10. The minimum Gasteiger partial charge on any atom is -0.394 e. The van der Waals surface area contributed by atoms with Crippen LogP contribution in [0.3, 0.4) is 0 Å². The van der Waals surface area contributed by atoms with E-state index in [9.17, 15) is 38.7 Å². The zero-order valence-corrected chi connectivity index (χ0v) is 37.1. The molecule has 7 N–H and O–H groups in total. The third-order valence-electron chi connectivity index (χ3n) is 11.2. The van der Waals surface area contributed by atoms with Gasteiger partial charge in [0.2, 0.25) is 5.91 Å². The summed E-state index contributed by atoms with van der Waals surface area (Å²) < 4.78 is 47.1. The molecule has 1 fully saturated rings. The van der Waals surface area contributed by atoms with Gasteiger partial charge < -0.3 is 40.3 Å². The number of aliphatic hydroxyl groups is 5. The maximum atomic E-state index is 12.9. The molecule has 14 heteroatoms. The second kappa shape index (κ2) is 35.4. The number of nitrogens with one attached hydrogen (secondary N) is 1. The summed E-state index contributed by atoms with van der Waals surface area (Å²) in [6.07, 6.45) is 26.9. The van der Waals surface area contributed by atoms with Crippen molar-refractivity contribution in [2.75, 3.05) is 13.2 Å². The fourth-order valence-electron chi connectivity index (χ4n) is 7.46. The number of ether oxygens (including phenoxy) is 2. The number of carbonyl (C=O) groups is 1. The van der Waals surface area contributed by atoms with E-state index < -0.39 is 78.5 Å². The van der Waals surface area contributed by atoms with E-state index in [-0.39, 0.29) is 6.42 Å². The van der Waals surface area contributed by atoms with E-state index in [1.807, 2.05) is 6.92 Å². The summed E-state index contributed by atoms with van der Waals surface area (Å²) in [5.41, 5.74) is 0. The van der Waals surface area contributed by atoms with Gasteiger partial charge in [0.15, 0.2) is 6.29 Å². The van der Waals surface area contributed by atoms with Crippen molar-refractivity contribution < 1.29 is 57.0 Å². The highest BCUT2D eigenvalue weighted by molar-refractivity contribution is 7.80. The Balaban J connectivity index is 2.21. The fraction of sp³-hybridized carbons (Fsp3) is 0.932.